The molecule has 1 aliphatic rings. The molecular formula is C20H29O4P. The third-order valence-electron chi connectivity index (χ3n) is 4.78. The fraction of sp³-hybridized carbons (Fsp3) is 0.550. The minimum atomic E-state index is -2.89. The maximum absolute atomic E-state index is 13.5. The van der Waals surface area contributed by atoms with Gasteiger partial charge in [0.15, 0.2) is 0 Å². The summed E-state index contributed by atoms with van der Waals surface area (Å²) in [6, 6.07) is 10.3. The number of allylic oxidation sites excluding steroid dienone is 2. The van der Waals surface area contributed by atoms with Gasteiger partial charge >= 0.3 is 5.97 Å². The lowest BCUT2D eigenvalue weighted by Crippen LogP contribution is -2.32. The first-order chi connectivity index (χ1) is 12.1. The average Bonchev–Trinajstić information content (AvgIpc) is 2.66. The largest absolute Gasteiger partial charge is 0.469 e. The second-order valence-electron chi connectivity index (χ2n) is 6.45. The molecule has 1 aromatic carbocycles. The SMILES string of the molecule is CCOP(=O)(CCCCc1ccccc1)[C@@H]1CC=CC[C@H]1C(=O)OC. The van der Waals surface area contributed by atoms with Crippen LogP contribution < -0.4 is 0 Å². The number of carbonyl (C=O) groups excluding carboxylic acids is 1. The molecule has 0 aromatic heterocycles. The first-order valence-corrected chi connectivity index (χ1v) is 11.0. The van der Waals surface area contributed by atoms with Gasteiger partial charge in [-0.3, -0.25) is 9.36 Å². The van der Waals surface area contributed by atoms with Crippen molar-refractivity contribution < 1.29 is 18.6 Å². The van der Waals surface area contributed by atoms with Crippen LogP contribution in [0.1, 0.15) is 38.2 Å². The summed E-state index contributed by atoms with van der Waals surface area (Å²) >= 11 is 0. The summed E-state index contributed by atoms with van der Waals surface area (Å²) in [5.41, 5.74) is 1.03. The highest BCUT2D eigenvalue weighted by atomic mass is 31.2. The van der Waals surface area contributed by atoms with Crippen molar-refractivity contribution in [3.05, 3.63) is 48.0 Å². The summed E-state index contributed by atoms with van der Waals surface area (Å²) in [4.78, 5) is 12.1. The molecule has 0 radical (unpaired) electrons. The second-order valence-corrected chi connectivity index (χ2v) is 9.27. The molecule has 0 saturated heterocycles. The highest BCUT2D eigenvalue weighted by molar-refractivity contribution is 7.59. The molecule has 0 fully saturated rings. The van der Waals surface area contributed by atoms with Gasteiger partial charge in [-0.05, 0) is 44.6 Å². The molecule has 0 heterocycles. The van der Waals surface area contributed by atoms with Gasteiger partial charge < -0.3 is 9.26 Å². The van der Waals surface area contributed by atoms with E-state index in [0.717, 1.165) is 19.3 Å². The molecule has 2 rings (SSSR count). The topological polar surface area (TPSA) is 52.6 Å². The van der Waals surface area contributed by atoms with Gasteiger partial charge in [0.1, 0.15) is 0 Å². The number of aryl methyl sites for hydroxylation is 1. The van der Waals surface area contributed by atoms with E-state index in [1.54, 1.807) is 0 Å². The number of carbonyl (C=O) groups is 1. The summed E-state index contributed by atoms with van der Waals surface area (Å²) < 4.78 is 24.2. The summed E-state index contributed by atoms with van der Waals surface area (Å²) in [5, 5.41) is 0. The number of rotatable bonds is 9. The number of benzene rings is 1. The molecule has 1 aromatic rings. The minimum Gasteiger partial charge on any atom is -0.469 e. The Hall–Kier alpha value is -1.38. The van der Waals surface area contributed by atoms with Gasteiger partial charge in [-0.25, -0.2) is 0 Å². The zero-order valence-corrected chi connectivity index (χ0v) is 16.1. The van der Waals surface area contributed by atoms with Crippen LogP contribution in [0.5, 0.6) is 0 Å². The molecule has 1 aliphatic carbocycles. The van der Waals surface area contributed by atoms with Crippen LogP contribution in [-0.4, -0.2) is 31.5 Å². The average molecular weight is 364 g/mol. The Bertz CT molecular complexity index is 611. The van der Waals surface area contributed by atoms with E-state index in [0.29, 0.717) is 25.6 Å². The van der Waals surface area contributed by atoms with E-state index in [9.17, 15) is 9.36 Å². The first-order valence-electron chi connectivity index (χ1n) is 9.10. The smallest absolute Gasteiger partial charge is 0.309 e. The number of methoxy groups -OCH3 is 1. The number of hydrogen-bond donors (Lipinski definition) is 0. The molecule has 1 unspecified atom stereocenters. The van der Waals surface area contributed by atoms with Crippen molar-refractivity contribution in [2.45, 2.75) is 44.7 Å². The Balaban J connectivity index is 1.99. The molecule has 3 atom stereocenters. The van der Waals surface area contributed by atoms with Crippen LogP contribution >= 0.6 is 7.37 Å². The minimum absolute atomic E-state index is 0.262. The van der Waals surface area contributed by atoms with Gasteiger partial charge in [0, 0.05) is 6.16 Å². The van der Waals surface area contributed by atoms with E-state index < -0.39 is 7.37 Å². The van der Waals surface area contributed by atoms with Gasteiger partial charge in [0.25, 0.3) is 0 Å². The molecule has 25 heavy (non-hydrogen) atoms. The van der Waals surface area contributed by atoms with Crippen LogP contribution in [0.3, 0.4) is 0 Å². The van der Waals surface area contributed by atoms with E-state index in [-0.39, 0.29) is 17.5 Å². The first kappa shape index (κ1) is 19.9. The lowest BCUT2D eigenvalue weighted by molar-refractivity contribution is -0.145. The van der Waals surface area contributed by atoms with E-state index >= 15 is 0 Å². The van der Waals surface area contributed by atoms with Crippen LogP contribution in [0.2, 0.25) is 0 Å². The maximum atomic E-state index is 13.5. The number of esters is 1. The molecular weight excluding hydrogens is 335 g/mol. The van der Waals surface area contributed by atoms with Crippen LogP contribution in [0.25, 0.3) is 0 Å². The normalized spacial score (nSPS) is 22.3. The molecule has 0 N–H and O–H groups in total. The Morgan fingerprint density at radius 2 is 1.88 bits per heavy atom. The monoisotopic (exact) mass is 364 g/mol. The molecule has 0 spiro atoms. The Labute approximate surface area is 151 Å². The highest BCUT2D eigenvalue weighted by Crippen LogP contribution is 2.58. The van der Waals surface area contributed by atoms with E-state index in [4.69, 9.17) is 9.26 Å². The fourth-order valence-corrected chi connectivity index (χ4v) is 6.48. The number of unbranched alkanes of at least 4 members (excludes halogenated alkanes) is 1. The quantitative estimate of drug-likeness (QED) is 0.272. The molecule has 5 heteroatoms. The Morgan fingerprint density at radius 1 is 1.16 bits per heavy atom. The van der Waals surface area contributed by atoms with Crippen molar-refractivity contribution in [1.29, 1.82) is 0 Å². The summed E-state index contributed by atoms with van der Waals surface area (Å²) in [6.07, 6.45) is 8.49. The van der Waals surface area contributed by atoms with E-state index in [1.807, 2.05) is 37.3 Å². The lowest BCUT2D eigenvalue weighted by Gasteiger charge is -2.33. The second kappa shape index (κ2) is 9.94. The van der Waals surface area contributed by atoms with Crippen molar-refractivity contribution >= 4 is 13.3 Å². The summed E-state index contributed by atoms with van der Waals surface area (Å²) in [6.45, 7) is 2.27. The molecule has 0 aliphatic heterocycles. The van der Waals surface area contributed by atoms with Gasteiger partial charge in [-0.1, -0.05) is 42.5 Å². The maximum Gasteiger partial charge on any atom is 0.309 e. The predicted octanol–water partition coefficient (Wildman–Crippen LogP) is 4.83. The van der Waals surface area contributed by atoms with Gasteiger partial charge in [0.2, 0.25) is 7.37 Å². The third-order valence-corrected chi connectivity index (χ3v) is 8.00. The third kappa shape index (κ3) is 5.55. The van der Waals surface area contributed by atoms with Crippen molar-refractivity contribution in [3.63, 3.8) is 0 Å². The fourth-order valence-electron chi connectivity index (χ4n) is 3.49. The van der Waals surface area contributed by atoms with Crippen LogP contribution in [0.15, 0.2) is 42.5 Å². The van der Waals surface area contributed by atoms with E-state index in [2.05, 4.69) is 12.1 Å². The molecule has 0 saturated carbocycles. The van der Waals surface area contributed by atoms with Crippen LogP contribution in [-0.2, 0) is 25.0 Å². The molecule has 0 amide bonds. The summed E-state index contributed by atoms with van der Waals surface area (Å²) in [7, 11) is -1.50. The Kier molecular flexibility index (Phi) is 7.92. The number of hydrogen-bond acceptors (Lipinski definition) is 4. The summed E-state index contributed by atoms with van der Waals surface area (Å²) in [5.74, 6) is -0.639. The van der Waals surface area contributed by atoms with Crippen molar-refractivity contribution in [2.24, 2.45) is 5.92 Å². The zero-order chi connectivity index (χ0) is 18.1. The molecule has 4 nitrogen and oxygen atoms in total. The van der Waals surface area contributed by atoms with Gasteiger partial charge in [-0.2, -0.15) is 0 Å². The molecule has 138 valence electrons. The van der Waals surface area contributed by atoms with Crippen molar-refractivity contribution in [1.82, 2.24) is 0 Å². The van der Waals surface area contributed by atoms with Crippen molar-refractivity contribution in [2.75, 3.05) is 19.9 Å². The van der Waals surface area contributed by atoms with Gasteiger partial charge in [0.05, 0.1) is 25.3 Å². The van der Waals surface area contributed by atoms with Crippen LogP contribution in [0.4, 0.5) is 0 Å². The molecule has 0 bridgehead atoms. The van der Waals surface area contributed by atoms with Crippen LogP contribution in [0, 0.1) is 5.92 Å². The van der Waals surface area contributed by atoms with E-state index in [1.165, 1.54) is 12.7 Å². The van der Waals surface area contributed by atoms with Crippen molar-refractivity contribution in [3.8, 4) is 0 Å². The number of ether oxygens (including phenoxy) is 1. The van der Waals surface area contributed by atoms with Gasteiger partial charge in [-0.15, -0.1) is 0 Å². The highest BCUT2D eigenvalue weighted by Gasteiger charge is 2.42. The standard InChI is InChI=1S/C20H29O4P/c1-3-24-25(22,16-10-9-13-17-11-5-4-6-12-17)19-15-8-7-14-18(19)20(21)23-2/h4-8,11-12,18-19H,3,9-10,13-16H2,1-2H3/t18-,19-,25?/m1/s1. The predicted molar refractivity (Wildman–Crippen MR) is 101 cm³/mol. The Morgan fingerprint density at radius 3 is 2.56 bits per heavy atom. The lowest BCUT2D eigenvalue weighted by atomic mass is 9.94. The zero-order valence-electron chi connectivity index (χ0n) is 15.2.